The van der Waals surface area contributed by atoms with Crippen LogP contribution in [0.1, 0.15) is 35.7 Å². The van der Waals surface area contributed by atoms with Gasteiger partial charge in [-0.2, -0.15) is 0 Å². The second-order valence-electron chi connectivity index (χ2n) is 6.16. The average Bonchev–Trinajstić information content (AvgIpc) is 3.01. The fourth-order valence-corrected chi connectivity index (χ4v) is 2.43. The zero-order valence-corrected chi connectivity index (χ0v) is 15.1. The van der Waals surface area contributed by atoms with E-state index >= 15 is 0 Å². The first-order valence-electron chi connectivity index (χ1n) is 8.48. The summed E-state index contributed by atoms with van der Waals surface area (Å²) in [6, 6.07) is 16.5. The van der Waals surface area contributed by atoms with Gasteiger partial charge in [0.1, 0.15) is 23.8 Å². The number of aromatic nitrogens is 1. The van der Waals surface area contributed by atoms with E-state index in [0.29, 0.717) is 22.9 Å². The van der Waals surface area contributed by atoms with Crippen molar-refractivity contribution in [3.63, 3.8) is 0 Å². The van der Waals surface area contributed by atoms with Crippen molar-refractivity contribution in [1.82, 2.24) is 4.98 Å². The number of carbonyl (C=O) groups is 1. The summed E-state index contributed by atoms with van der Waals surface area (Å²) in [5.74, 6) is 1.46. The van der Waals surface area contributed by atoms with E-state index < -0.39 is 5.97 Å². The molecule has 0 fully saturated rings. The number of hydrogen-bond acceptors (Lipinski definition) is 5. The number of benzene rings is 2. The first-order valence-corrected chi connectivity index (χ1v) is 8.48. The van der Waals surface area contributed by atoms with E-state index in [1.165, 1.54) is 0 Å². The maximum atomic E-state index is 12.2. The van der Waals surface area contributed by atoms with Crippen molar-refractivity contribution < 1.29 is 18.7 Å². The highest BCUT2D eigenvalue weighted by Gasteiger charge is 2.14. The van der Waals surface area contributed by atoms with Gasteiger partial charge < -0.3 is 13.9 Å². The van der Waals surface area contributed by atoms with Crippen molar-refractivity contribution in [3.05, 3.63) is 71.6 Å². The lowest BCUT2D eigenvalue weighted by atomic mass is 10.2. The number of nitrogens with zero attached hydrogens (tertiary/aromatic N) is 1. The molecule has 0 amide bonds. The van der Waals surface area contributed by atoms with E-state index in [9.17, 15) is 4.79 Å². The Bertz CT molecular complexity index is 867. The highest BCUT2D eigenvalue weighted by molar-refractivity contribution is 5.89. The maximum Gasteiger partial charge on any atom is 0.338 e. The van der Waals surface area contributed by atoms with Crippen LogP contribution < -0.4 is 4.74 Å². The number of esters is 1. The predicted octanol–water partition coefficient (Wildman–Crippen LogP) is 4.79. The number of aryl methyl sites for hydroxylation is 1. The minimum absolute atomic E-state index is 0.0608. The standard InChI is InChI=1S/C21H21NO4/c1-14(2)25-18-11-9-17(10-12-18)21(23)24-13-19-15(3)26-20(22-19)16-7-5-4-6-8-16/h4-12,14H,13H2,1-3H3. The van der Waals surface area contributed by atoms with Gasteiger partial charge in [-0.05, 0) is 57.2 Å². The van der Waals surface area contributed by atoms with Gasteiger partial charge in [0.15, 0.2) is 0 Å². The number of ether oxygens (including phenoxy) is 2. The van der Waals surface area contributed by atoms with E-state index in [-0.39, 0.29) is 12.7 Å². The molecule has 0 aliphatic carbocycles. The van der Waals surface area contributed by atoms with E-state index in [1.807, 2.05) is 44.2 Å². The monoisotopic (exact) mass is 351 g/mol. The molecule has 0 spiro atoms. The van der Waals surface area contributed by atoms with Gasteiger partial charge in [0.25, 0.3) is 0 Å². The summed E-state index contributed by atoms with van der Waals surface area (Å²) in [7, 11) is 0. The van der Waals surface area contributed by atoms with Crippen LogP contribution in [0.4, 0.5) is 0 Å². The van der Waals surface area contributed by atoms with E-state index in [4.69, 9.17) is 13.9 Å². The molecule has 134 valence electrons. The van der Waals surface area contributed by atoms with Gasteiger partial charge in [-0.25, -0.2) is 9.78 Å². The van der Waals surface area contributed by atoms with Crippen molar-refractivity contribution in [2.45, 2.75) is 33.5 Å². The minimum Gasteiger partial charge on any atom is -0.491 e. The van der Waals surface area contributed by atoms with Crippen LogP contribution in [0, 0.1) is 6.92 Å². The van der Waals surface area contributed by atoms with Gasteiger partial charge in [0, 0.05) is 5.56 Å². The molecule has 2 aromatic carbocycles. The molecule has 1 aromatic heterocycles. The summed E-state index contributed by atoms with van der Waals surface area (Å²) >= 11 is 0. The van der Waals surface area contributed by atoms with Crippen LogP contribution in [0.2, 0.25) is 0 Å². The van der Waals surface area contributed by atoms with E-state index in [0.717, 1.165) is 11.3 Å². The summed E-state index contributed by atoms with van der Waals surface area (Å²) in [4.78, 5) is 16.6. The zero-order valence-electron chi connectivity index (χ0n) is 15.1. The number of oxazole rings is 1. The molecule has 0 saturated carbocycles. The Labute approximate surface area is 152 Å². The molecule has 0 N–H and O–H groups in total. The number of carbonyl (C=O) groups excluding carboxylic acids is 1. The number of rotatable bonds is 6. The third-order valence-electron chi connectivity index (χ3n) is 3.72. The summed E-state index contributed by atoms with van der Waals surface area (Å²) < 4.78 is 16.6. The molecule has 0 saturated heterocycles. The lowest BCUT2D eigenvalue weighted by Crippen LogP contribution is -2.07. The molecular weight excluding hydrogens is 330 g/mol. The van der Waals surface area contributed by atoms with Crippen LogP contribution in [0.15, 0.2) is 59.0 Å². The van der Waals surface area contributed by atoms with Gasteiger partial charge in [0.05, 0.1) is 11.7 Å². The Morgan fingerprint density at radius 2 is 1.77 bits per heavy atom. The van der Waals surface area contributed by atoms with Crippen LogP contribution in [0.5, 0.6) is 5.75 Å². The SMILES string of the molecule is Cc1oc(-c2ccccc2)nc1COC(=O)c1ccc(OC(C)C)cc1. The lowest BCUT2D eigenvalue weighted by Gasteiger charge is -2.09. The molecule has 3 rings (SSSR count). The average molecular weight is 351 g/mol. The summed E-state index contributed by atoms with van der Waals surface area (Å²) in [6.45, 7) is 5.77. The van der Waals surface area contributed by atoms with E-state index in [2.05, 4.69) is 4.98 Å². The van der Waals surface area contributed by atoms with Crippen molar-refractivity contribution in [2.75, 3.05) is 0 Å². The molecule has 0 unspecified atom stereocenters. The first kappa shape index (κ1) is 17.7. The Morgan fingerprint density at radius 3 is 2.42 bits per heavy atom. The van der Waals surface area contributed by atoms with Gasteiger partial charge in [-0.1, -0.05) is 18.2 Å². The molecular formula is C21H21NO4. The highest BCUT2D eigenvalue weighted by Crippen LogP contribution is 2.22. The molecule has 1 heterocycles. The van der Waals surface area contributed by atoms with Crippen LogP contribution in [-0.4, -0.2) is 17.1 Å². The zero-order chi connectivity index (χ0) is 18.5. The third-order valence-corrected chi connectivity index (χ3v) is 3.72. The minimum atomic E-state index is -0.412. The maximum absolute atomic E-state index is 12.2. The van der Waals surface area contributed by atoms with Crippen LogP contribution >= 0.6 is 0 Å². The van der Waals surface area contributed by atoms with Crippen molar-refractivity contribution in [2.24, 2.45) is 0 Å². The molecule has 3 aromatic rings. The van der Waals surface area contributed by atoms with E-state index in [1.54, 1.807) is 31.2 Å². The molecule has 0 atom stereocenters. The second-order valence-corrected chi connectivity index (χ2v) is 6.16. The summed E-state index contributed by atoms with van der Waals surface area (Å²) in [5, 5.41) is 0. The second kappa shape index (κ2) is 7.87. The Balaban J connectivity index is 1.64. The molecule has 0 aliphatic rings. The van der Waals surface area contributed by atoms with Gasteiger partial charge >= 0.3 is 5.97 Å². The molecule has 0 aliphatic heterocycles. The smallest absolute Gasteiger partial charge is 0.338 e. The normalized spacial score (nSPS) is 10.8. The third kappa shape index (κ3) is 4.30. The van der Waals surface area contributed by atoms with Gasteiger partial charge in [-0.3, -0.25) is 0 Å². The Kier molecular flexibility index (Phi) is 5.37. The fourth-order valence-electron chi connectivity index (χ4n) is 2.43. The van der Waals surface area contributed by atoms with Crippen LogP contribution in [-0.2, 0) is 11.3 Å². The Hall–Kier alpha value is -3.08. The van der Waals surface area contributed by atoms with Crippen molar-refractivity contribution in [1.29, 1.82) is 0 Å². The largest absolute Gasteiger partial charge is 0.491 e. The van der Waals surface area contributed by atoms with Crippen molar-refractivity contribution >= 4 is 5.97 Å². The quantitative estimate of drug-likeness (QED) is 0.597. The molecule has 5 nitrogen and oxygen atoms in total. The highest BCUT2D eigenvalue weighted by atomic mass is 16.5. The molecule has 0 radical (unpaired) electrons. The summed E-state index contributed by atoms with van der Waals surface area (Å²) in [6.07, 6.45) is 0.0850. The molecule has 5 heteroatoms. The van der Waals surface area contributed by atoms with Gasteiger partial charge in [0.2, 0.25) is 5.89 Å². The predicted molar refractivity (Wildman–Crippen MR) is 98.0 cm³/mol. The van der Waals surface area contributed by atoms with Gasteiger partial charge in [-0.15, -0.1) is 0 Å². The van der Waals surface area contributed by atoms with Crippen molar-refractivity contribution in [3.8, 4) is 17.2 Å². The summed E-state index contributed by atoms with van der Waals surface area (Å²) in [5.41, 5.74) is 1.96. The Morgan fingerprint density at radius 1 is 1.08 bits per heavy atom. The number of hydrogen-bond donors (Lipinski definition) is 0. The first-order chi connectivity index (χ1) is 12.5. The van der Waals surface area contributed by atoms with Crippen LogP contribution in [0.25, 0.3) is 11.5 Å². The fraction of sp³-hybridized carbons (Fsp3) is 0.238. The topological polar surface area (TPSA) is 61.6 Å². The molecule has 26 heavy (non-hydrogen) atoms. The lowest BCUT2D eigenvalue weighted by molar-refractivity contribution is 0.0467. The van der Waals surface area contributed by atoms with Crippen LogP contribution in [0.3, 0.4) is 0 Å². The molecule has 0 bridgehead atoms.